The fraction of sp³-hybridized carbons (Fsp3) is 0. The van der Waals surface area contributed by atoms with Crippen molar-refractivity contribution in [1.29, 1.82) is 0 Å². The minimum absolute atomic E-state index is 1.09. The molecule has 10 aromatic carbocycles. The van der Waals surface area contributed by atoms with E-state index in [1.807, 2.05) is 11.3 Å². The molecule has 12 aromatic rings. The monoisotopic (exact) mass is 794 g/mol. The van der Waals surface area contributed by atoms with Crippen LogP contribution in [0.5, 0.6) is 0 Å². The first-order valence-corrected chi connectivity index (χ1v) is 21.7. The molecule has 3 heteroatoms. The molecule has 12 rings (SSSR count). The van der Waals surface area contributed by atoms with E-state index in [2.05, 4.69) is 240 Å². The highest BCUT2D eigenvalue weighted by atomic mass is 32.1. The molecule has 0 fully saturated rings. The maximum atomic E-state index is 2.49. The van der Waals surface area contributed by atoms with Crippen LogP contribution < -0.4 is 4.90 Å². The van der Waals surface area contributed by atoms with Gasteiger partial charge in [0.25, 0.3) is 0 Å². The molecule has 286 valence electrons. The Morgan fingerprint density at radius 3 is 1.70 bits per heavy atom. The summed E-state index contributed by atoms with van der Waals surface area (Å²) in [6, 6.07) is 84.2. The van der Waals surface area contributed by atoms with Crippen molar-refractivity contribution in [2.24, 2.45) is 0 Å². The molecule has 0 radical (unpaired) electrons. The van der Waals surface area contributed by atoms with Gasteiger partial charge in [0.05, 0.1) is 22.4 Å². The summed E-state index contributed by atoms with van der Waals surface area (Å²) >= 11 is 1.86. The van der Waals surface area contributed by atoms with Crippen molar-refractivity contribution in [2.45, 2.75) is 0 Å². The molecule has 0 aliphatic rings. The standard InChI is InChI=1S/C58H38N2S/c1-3-17-39(18-4-1)44-26-13-19-41-20-14-28-47(56(41)44)46-23-7-10-29-50(46)60(43-37-35-40(36-38-43)45-27-15-34-55-57(45)49-25-9-12-33-54(49)61-55)53-32-16-31-52-58(53)48-24-8-11-30-51(48)59(52)42-21-5-2-6-22-42/h1-38H. The third-order valence-electron chi connectivity index (χ3n) is 12.2. The lowest BCUT2D eigenvalue weighted by Crippen LogP contribution is -2.12. The van der Waals surface area contributed by atoms with E-state index in [1.165, 1.54) is 80.6 Å². The first-order valence-electron chi connectivity index (χ1n) is 20.9. The maximum absolute atomic E-state index is 2.49. The highest BCUT2D eigenvalue weighted by molar-refractivity contribution is 7.25. The van der Waals surface area contributed by atoms with Crippen LogP contribution in [0.15, 0.2) is 231 Å². The molecule has 0 saturated carbocycles. The van der Waals surface area contributed by atoms with Gasteiger partial charge in [-0.05, 0) is 99.3 Å². The molecule has 0 aliphatic heterocycles. The molecule has 0 spiro atoms. The predicted molar refractivity (Wildman–Crippen MR) is 262 cm³/mol. The van der Waals surface area contributed by atoms with Gasteiger partial charge in [0.15, 0.2) is 0 Å². The van der Waals surface area contributed by atoms with Crippen LogP contribution in [-0.4, -0.2) is 4.57 Å². The number of para-hydroxylation sites is 3. The van der Waals surface area contributed by atoms with E-state index in [9.17, 15) is 0 Å². The van der Waals surface area contributed by atoms with Crippen LogP contribution in [0.25, 0.3) is 91.8 Å². The lowest BCUT2D eigenvalue weighted by molar-refractivity contribution is 1.18. The Hall–Kier alpha value is -7.72. The van der Waals surface area contributed by atoms with E-state index < -0.39 is 0 Å². The van der Waals surface area contributed by atoms with Crippen LogP contribution in [0.1, 0.15) is 0 Å². The van der Waals surface area contributed by atoms with Gasteiger partial charge in [0.2, 0.25) is 0 Å². The number of nitrogens with zero attached hydrogens (tertiary/aromatic N) is 2. The van der Waals surface area contributed by atoms with Gasteiger partial charge in [-0.1, -0.05) is 170 Å². The first kappa shape index (κ1) is 35.2. The van der Waals surface area contributed by atoms with Gasteiger partial charge in [0, 0.05) is 47.9 Å². The molecule has 2 aromatic heterocycles. The lowest BCUT2D eigenvalue weighted by Gasteiger charge is -2.29. The Morgan fingerprint density at radius 2 is 0.885 bits per heavy atom. The van der Waals surface area contributed by atoms with Crippen LogP contribution >= 0.6 is 11.3 Å². The Bertz CT molecular complexity index is 3580. The molecule has 0 amide bonds. The average molecular weight is 795 g/mol. The van der Waals surface area contributed by atoms with Crippen LogP contribution in [-0.2, 0) is 0 Å². The molecule has 2 nitrogen and oxygen atoms in total. The second kappa shape index (κ2) is 14.5. The summed E-state index contributed by atoms with van der Waals surface area (Å²) in [5.41, 5.74) is 14.1. The zero-order valence-corrected chi connectivity index (χ0v) is 34.1. The summed E-state index contributed by atoms with van der Waals surface area (Å²) in [5.74, 6) is 0. The second-order valence-corrected chi connectivity index (χ2v) is 16.7. The number of anilines is 3. The third-order valence-corrected chi connectivity index (χ3v) is 13.3. The molecular formula is C58H38N2S. The Kier molecular flexibility index (Phi) is 8.39. The minimum atomic E-state index is 1.09. The number of aromatic nitrogens is 1. The molecule has 0 bridgehead atoms. The van der Waals surface area contributed by atoms with Gasteiger partial charge in [0.1, 0.15) is 0 Å². The zero-order valence-electron chi connectivity index (χ0n) is 33.2. The second-order valence-electron chi connectivity index (χ2n) is 15.6. The fourth-order valence-corrected chi connectivity index (χ4v) is 10.7. The van der Waals surface area contributed by atoms with Crippen molar-refractivity contribution in [3.8, 4) is 39.1 Å². The van der Waals surface area contributed by atoms with Crippen molar-refractivity contribution in [2.75, 3.05) is 4.90 Å². The lowest BCUT2D eigenvalue weighted by atomic mass is 9.90. The number of hydrogen-bond acceptors (Lipinski definition) is 2. The topological polar surface area (TPSA) is 8.17 Å². The molecule has 0 saturated heterocycles. The van der Waals surface area contributed by atoms with E-state index in [4.69, 9.17) is 0 Å². The van der Waals surface area contributed by atoms with Crippen molar-refractivity contribution in [3.05, 3.63) is 231 Å². The normalized spacial score (nSPS) is 11.6. The smallest absolute Gasteiger partial charge is 0.0562 e. The summed E-state index contributed by atoms with van der Waals surface area (Å²) in [7, 11) is 0. The molecular weight excluding hydrogens is 757 g/mol. The molecule has 2 heterocycles. The molecule has 61 heavy (non-hydrogen) atoms. The van der Waals surface area contributed by atoms with E-state index in [0.29, 0.717) is 0 Å². The van der Waals surface area contributed by atoms with E-state index in [1.54, 1.807) is 0 Å². The van der Waals surface area contributed by atoms with Crippen LogP contribution in [0, 0.1) is 0 Å². The van der Waals surface area contributed by atoms with E-state index in [0.717, 1.165) is 28.3 Å². The van der Waals surface area contributed by atoms with Crippen molar-refractivity contribution in [1.82, 2.24) is 4.57 Å². The highest BCUT2D eigenvalue weighted by Crippen LogP contribution is 2.49. The van der Waals surface area contributed by atoms with Gasteiger partial charge in [-0.15, -0.1) is 11.3 Å². The SMILES string of the molecule is c1ccc(-c2cccc3cccc(-c4ccccc4N(c4ccc(-c5cccc6sc7ccccc7c56)cc4)c4cccc5c4c4ccccc4n5-c4ccccc4)c23)cc1. The molecule has 0 atom stereocenters. The van der Waals surface area contributed by atoms with Crippen molar-refractivity contribution < 1.29 is 0 Å². The average Bonchev–Trinajstić information content (AvgIpc) is 3.89. The summed E-state index contributed by atoms with van der Waals surface area (Å²) in [5, 5.41) is 7.51. The Labute approximate surface area is 358 Å². The number of hydrogen-bond donors (Lipinski definition) is 0. The van der Waals surface area contributed by atoms with E-state index in [-0.39, 0.29) is 0 Å². The van der Waals surface area contributed by atoms with Gasteiger partial charge >= 0.3 is 0 Å². The number of benzene rings is 10. The van der Waals surface area contributed by atoms with Crippen LogP contribution in [0.2, 0.25) is 0 Å². The molecule has 0 N–H and O–H groups in total. The number of fused-ring (bicyclic) bond motifs is 7. The van der Waals surface area contributed by atoms with Gasteiger partial charge in [-0.25, -0.2) is 0 Å². The summed E-state index contributed by atoms with van der Waals surface area (Å²) < 4.78 is 5.03. The van der Waals surface area contributed by atoms with Gasteiger partial charge in [-0.3, -0.25) is 0 Å². The zero-order chi connectivity index (χ0) is 40.3. The van der Waals surface area contributed by atoms with Gasteiger partial charge in [-0.2, -0.15) is 0 Å². The largest absolute Gasteiger partial charge is 0.309 e. The maximum Gasteiger partial charge on any atom is 0.0562 e. The minimum Gasteiger partial charge on any atom is -0.309 e. The predicted octanol–water partition coefficient (Wildman–Crippen LogP) is 16.8. The highest BCUT2D eigenvalue weighted by Gasteiger charge is 2.24. The fourth-order valence-electron chi connectivity index (χ4n) is 9.58. The molecule has 0 aliphatic carbocycles. The molecule has 0 unspecified atom stereocenters. The van der Waals surface area contributed by atoms with Gasteiger partial charge < -0.3 is 9.47 Å². The third kappa shape index (κ3) is 5.78. The van der Waals surface area contributed by atoms with Crippen molar-refractivity contribution >= 4 is 81.1 Å². The van der Waals surface area contributed by atoms with Crippen LogP contribution in [0.3, 0.4) is 0 Å². The Balaban J connectivity index is 1.13. The Morgan fingerprint density at radius 1 is 0.328 bits per heavy atom. The summed E-state index contributed by atoms with van der Waals surface area (Å²) in [6.45, 7) is 0. The quantitative estimate of drug-likeness (QED) is 0.156. The van der Waals surface area contributed by atoms with Crippen molar-refractivity contribution in [3.63, 3.8) is 0 Å². The van der Waals surface area contributed by atoms with E-state index >= 15 is 0 Å². The number of rotatable bonds is 7. The first-order chi connectivity index (χ1) is 30.3. The summed E-state index contributed by atoms with van der Waals surface area (Å²) in [4.78, 5) is 2.49. The summed E-state index contributed by atoms with van der Waals surface area (Å²) in [6.07, 6.45) is 0. The van der Waals surface area contributed by atoms with Crippen LogP contribution in [0.4, 0.5) is 17.1 Å². The number of thiophene rings is 1.